The maximum absolute atomic E-state index is 4.27. The summed E-state index contributed by atoms with van der Waals surface area (Å²) in [6.07, 6.45) is 16.2. The molecule has 0 saturated heterocycles. The van der Waals surface area contributed by atoms with E-state index in [1.807, 2.05) is 26.1 Å². The van der Waals surface area contributed by atoms with Gasteiger partial charge in [0.1, 0.15) is 0 Å². The lowest BCUT2D eigenvalue weighted by Gasteiger charge is -2.16. The highest BCUT2D eigenvalue weighted by molar-refractivity contribution is 5.86. The number of nitrogens with one attached hydrogen (secondary N) is 1. The summed E-state index contributed by atoms with van der Waals surface area (Å²) in [6.45, 7) is 15.1. The minimum absolute atomic E-state index is 0.723. The summed E-state index contributed by atoms with van der Waals surface area (Å²) < 4.78 is 0. The highest BCUT2D eigenvalue weighted by atomic mass is 14.8. The van der Waals surface area contributed by atoms with Gasteiger partial charge in [-0.3, -0.25) is 0 Å². The Kier molecular flexibility index (Phi) is 11.6. The third-order valence-corrected chi connectivity index (χ3v) is 5.32. The number of anilines is 1. The smallest absolute Gasteiger partial charge is 0.0417 e. The molecule has 1 rings (SSSR count). The first-order valence-corrected chi connectivity index (χ1v) is 10.8. The van der Waals surface area contributed by atoms with Crippen LogP contribution in [0.4, 0.5) is 5.69 Å². The molecule has 0 heterocycles. The van der Waals surface area contributed by atoms with Crippen LogP contribution in [-0.2, 0) is 6.42 Å². The second kappa shape index (κ2) is 13.4. The van der Waals surface area contributed by atoms with Crippen molar-refractivity contribution in [3.8, 4) is 0 Å². The lowest BCUT2D eigenvalue weighted by molar-refractivity contribution is 0.479. The predicted octanol–water partition coefficient (Wildman–Crippen LogP) is 8.19. The molecule has 0 spiro atoms. The molecule has 0 radical (unpaired) electrons. The van der Waals surface area contributed by atoms with E-state index < -0.39 is 0 Å². The number of rotatable bonds is 14. The number of hydrogen-bond donors (Lipinski definition) is 1. The Morgan fingerprint density at radius 3 is 2.37 bits per heavy atom. The van der Waals surface area contributed by atoms with Gasteiger partial charge in [-0.25, -0.2) is 0 Å². The molecule has 150 valence electrons. The van der Waals surface area contributed by atoms with Crippen molar-refractivity contribution in [3.05, 3.63) is 60.2 Å². The zero-order valence-corrected chi connectivity index (χ0v) is 18.2. The van der Waals surface area contributed by atoms with Gasteiger partial charge in [-0.1, -0.05) is 96.6 Å². The molecular formula is C26H41N. The Morgan fingerprint density at radius 2 is 1.74 bits per heavy atom. The fraction of sp³-hybridized carbons (Fsp3) is 0.538. The fourth-order valence-electron chi connectivity index (χ4n) is 3.62. The average Bonchev–Trinajstić information content (AvgIpc) is 2.66. The Morgan fingerprint density at radius 1 is 1.07 bits per heavy atom. The van der Waals surface area contributed by atoms with Crippen LogP contribution in [0, 0.1) is 5.92 Å². The monoisotopic (exact) mass is 367 g/mol. The van der Waals surface area contributed by atoms with E-state index >= 15 is 0 Å². The van der Waals surface area contributed by atoms with E-state index in [-0.39, 0.29) is 0 Å². The number of unbranched alkanes of at least 4 members (excludes halogenated alkanes) is 6. The maximum Gasteiger partial charge on any atom is 0.0417 e. The second-order valence-corrected chi connectivity index (χ2v) is 7.85. The Bertz CT molecular complexity index is 609. The summed E-state index contributed by atoms with van der Waals surface area (Å²) in [5, 5.41) is 3.29. The van der Waals surface area contributed by atoms with Crippen molar-refractivity contribution in [2.45, 2.75) is 78.6 Å². The van der Waals surface area contributed by atoms with E-state index in [1.165, 1.54) is 62.5 Å². The van der Waals surface area contributed by atoms with Crippen LogP contribution in [0.1, 0.15) is 83.3 Å². The standard InChI is InChI=1S/C26H41N/c1-7-9-10-11-12-13-14-16-21(3)19-24-17-18-26(27-6)25(20-24)23(5)22(4)15-8-2/h8,15,17-18,20-21,27H,4-5,7,9-14,16,19H2,1-3,6H3/b15-8-. The molecule has 1 unspecified atom stereocenters. The van der Waals surface area contributed by atoms with Gasteiger partial charge in [0.05, 0.1) is 0 Å². The molecule has 1 aromatic carbocycles. The van der Waals surface area contributed by atoms with Crippen LogP contribution in [0.25, 0.3) is 5.57 Å². The van der Waals surface area contributed by atoms with Crippen molar-refractivity contribution in [1.29, 1.82) is 0 Å². The molecule has 27 heavy (non-hydrogen) atoms. The second-order valence-electron chi connectivity index (χ2n) is 7.85. The molecule has 0 aliphatic heterocycles. The molecule has 0 saturated carbocycles. The molecule has 1 aromatic rings. The minimum atomic E-state index is 0.723. The van der Waals surface area contributed by atoms with Gasteiger partial charge in [-0.15, -0.1) is 0 Å². The van der Waals surface area contributed by atoms with Gasteiger partial charge in [-0.2, -0.15) is 0 Å². The van der Waals surface area contributed by atoms with E-state index in [9.17, 15) is 0 Å². The van der Waals surface area contributed by atoms with Gasteiger partial charge < -0.3 is 5.32 Å². The topological polar surface area (TPSA) is 12.0 Å². The van der Waals surface area contributed by atoms with Crippen LogP contribution in [0.15, 0.2) is 49.1 Å². The fourth-order valence-corrected chi connectivity index (χ4v) is 3.62. The number of benzene rings is 1. The van der Waals surface area contributed by atoms with Gasteiger partial charge in [0, 0.05) is 18.3 Å². The first-order valence-electron chi connectivity index (χ1n) is 10.8. The normalized spacial score (nSPS) is 12.3. The van der Waals surface area contributed by atoms with Crippen LogP contribution in [-0.4, -0.2) is 7.05 Å². The van der Waals surface area contributed by atoms with Gasteiger partial charge in [-0.05, 0) is 48.1 Å². The quantitative estimate of drug-likeness (QED) is 0.258. The van der Waals surface area contributed by atoms with Crippen molar-refractivity contribution in [1.82, 2.24) is 0 Å². The Labute approximate surface area is 168 Å². The molecule has 1 N–H and O–H groups in total. The van der Waals surface area contributed by atoms with Crippen molar-refractivity contribution in [3.63, 3.8) is 0 Å². The number of allylic oxidation sites excluding steroid dienone is 4. The van der Waals surface area contributed by atoms with E-state index in [0.717, 1.165) is 29.2 Å². The SMILES string of the molecule is C=C(/C=C\C)C(=C)c1cc(CC(C)CCCCCCCCC)ccc1NC. The van der Waals surface area contributed by atoms with Gasteiger partial charge in [0.15, 0.2) is 0 Å². The molecule has 1 atom stereocenters. The largest absolute Gasteiger partial charge is 0.388 e. The van der Waals surface area contributed by atoms with E-state index in [0.29, 0.717) is 0 Å². The highest BCUT2D eigenvalue weighted by Gasteiger charge is 2.10. The summed E-state index contributed by atoms with van der Waals surface area (Å²) in [6, 6.07) is 6.73. The predicted molar refractivity (Wildman–Crippen MR) is 124 cm³/mol. The van der Waals surface area contributed by atoms with Gasteiger partial charge >= 0.3 is 0 Å². The molecule has 1 heteroatoms. The zero-order chi connectivity index (χ0) is 20.1. The Balaban J connectivity index is 2.58. The van der Waals surface area contributed by atoms with Crippen LogP contribution in [0.5, 0.6) is 0 Å². The molecule has 0 aliphatic carbocycles. The van der Waals surface area contributed by atoms with Crippen molar-refractivity contribution in [2.75, 3.05) is 12.4 Å². The molecule has 0 amide bonds. The van der Waals surface area contributed by atoms with Crippen molar-refractivity contribution in [2.24, 2.45) is 5.92 Å². The van der Waals surface area contributed by atoms with Crippen LogP contribution in [0.3, 0.4) is 0 Å². The third-order valence-electron chi connectivity index (χ3n) is 5.32. The summed E-state index contributed by atoms with van der Waals surface area (Å²) in [5.41, 5.74) is 5.66. The van der Waals surface area contributed by atoms with Crippen LogP contribution in [0.2, 0.25) is 0 Å². The van der Waals surface area contributed by atoms with E-state index in [4.69, 9.17) is 0 Å². The molecule has 1 nitrogen and oxygen atoms in total. The minimum Gasteiger partial charge on any atom is -0.388 e. The third kappa shape index (κ3) is 8.65. The maximum atomic E-state index is 4.27. The van der Waals surface area contributed by atoms with Crippen LogP contribution >= 0.6 is 0 Å². The van der Waals surface area contributed by atoms with E-state index in [2.05, 4.69) is 50.5 Å². The molecular weight excluding hydrogens is 326 g/mol. The van der Waals surface area contributed by atoms with Gasteiger partial charge in [0.25, 0.3) is 0 Å². The molecule has 0 bridgehead atoms. The highest BCUT2D eigenvalue weighted by Crippen LogP contribution is 2.30. The van der Waals surface area contributed by atoms with E-state index in [1.54, 1.807) is 0 Å². The van der Waals surface area contributed by atoms with Gasteiger partial charge in [0.2, 0.25) is 0 Å². The zero-order valence-electron chi connectivity index (χ0n) is 18.2. The molecule has 0 aliphatic rings. The first-order chi connectivity index (χ1) is 13.0. The summed E-state index contributed by atoms with van der Waals surface area (Å²) in [7, 11) is 1.97. The lowest BCUT2D eigenvalue weighted by Crippen LogP contribution is -2.02. The molecule has 0 fully saturated rings. The van der Waals surface area contributed by atoms with Crippen molar-refractivity contribution >= 4 is 11.3 Å². The number of hydrogen-bond acceptors (Lipinski definition) is 1. The summed E-state index contributed by atoms with van der Waals surface area (Å²) >= 11 is 0. The first kappa shape index (κ1) is 23.3. The summed E-state index contributed by atoms with van der Waals surface area (Å²) in [4.78, 5) is 0. The van der Waals surface area contributed by atoms with Crippen molar-refractivity contribution < 1.29 is 0 Å². The lowest BCUT2D eigenvalue weighted by atomic mass is 9.91. The average molecular weight is 368 g/mol. The summed E-state index contributed by atoms with van der Waals surface area (Å²) in [5.74, 6) is 0.723. The molecule has 0 aromatic heterocycles. The van der Waals surface area contributed by atoms with Crippen LogP contribution < -0.4 is 5.32 Å². The Hall–Kier alpha value is -1.76.